The molecule has 1 nitrogen and oxygen atoms in total. The van der Waals surface area contributed by atoms with E-state index in [0.717, 1.165) is 30.5 Å². The quantitative estimate of drug-likeness (QED) is 0.786. The molecule has 0 aromatic heterocycles. The SMILES string of the molecule is CCNC1c2cccc(F)c2CCC1C. The minimum Gasteiger partial charge on any atom is -0.310 e. The van der Waals surface area contributed by atoms with Gasteiger partial charge in [0.05, 0.1) is 0 Å². The topological polar surface area (TPSA) is 12.0 Å². The number of halogens is 1. The zero-order valence-corrected chi connectivity index (χ0v) is 9.39. The maximum atomic E-state index is 13.6. The van der Waals surface area contributed by atoms with Gasteiger partial charge >= 0.3 is 0 Å². The molecule has 0 bridgehead atoms. The lowest BCUT2D eigenvalue weighted by Gasteiger charge is -2.32. The Balaban J connectivity index is 2.39. The summed E-state index contributed by atoms with van der Waals surface area (Å²) < 4.78 is 13.6. The summed E-state index contributed by atoms with van der Waals surface area (Å²) in [6.45, 7) is 5.27. The van der Waals surface area contributed by atoms with Crippen LogP contribution in [-0.4, -0.2) is 6.54 Å². The first-order chi connectivity index (χ1) is 7.24. The molecule has 1 aliphatic rings. The minimum absolute atomic E-state index is 0.0395. The Hall–Kier alpha value is -0.890. The molecule has 0 aliphatic heterocycles. The summed E-state index contributed by atoms with van der Waals surface area (Å²) in [7, 11) is 0. The first-order valence-corrected chi connectivity index (χ1v) is 5.74. The minimum atomic E-state index is -0.0395. The van der Waals surface area contributed by atoms with Crippen LogP contribution in [-0.2, 0) is 6.42 Å². The van der Waals surface area contributed by atoms with E-state index >= 15 is 0 Å². The van der Waals surface area contributed by atoms with Crippen molar-refractivity contribution in [3.63, 3.8) is 0 Å². The van der Waals surface area contributed by atoms with E-state index in [4.69, 9.17) is 0 Å². The molecule has 2 rings (SSSR count). The Bertz CT molecular complexity index is 348. The molecule has 0 radical (unpaired) electrons. The van der Waals surface area contributed by atoms with Gasteiger partial charge in [0, 0.05) is 6.04 Å². The summed E-state index contributed by atoms with van der Waals surface area (Å²) in [5.74, 6) is 0.557. The van der Waals surface area contributed by atoms with Gasteiger partial charge in [-0.3, -0.25) is 0 Å². The van der Waals surface area contributed by atoms with E-state index in [9.17, 15) is 4.39 Å². The lowest BCUT2D eigenvalue weighted by Crippen LogP contribution is -2.31. The highest BCUT2D eigenvalue weighted by molar-refractivity contribution is 5.34. The Morgan fingerprint density at radius 3 is 3.00 bits per heavy atom. The van der Waals surface area contributed by atoms with E-state index in [1.165, 1.54) is 0 Å². The number of hydrogen-bond acceptors (Lipinski definition) is 1. The average Bonchev–Trinajstić information content (AvgIpc) is 2.23. The molecule has 1 N–H and O–H groups in total. The van der Waals surface area contributed by atoms with Crippen LogP contribution in [0.5, 0.6) is 0 Å². The fraction of sp³-hybridized carbons (Fsp3) is 0.538. The summed E-state index contributed by atoms with van der Waals surface area (Å²) in [6.07, 6.45) is 1.96. The largest absolute Gasteiger partial charge is 0.310 e. The lowest BCUT2D eigenvalue weighted by molar-refractivity contribution is 0.345. The normalized spacial score (nSPS) is 25.0. The van der Waals surface area contributed by atoms with Crippen molar-refractivity contribution in [3.05, 3.63) is 35.1 Å². The van der Waals surface area contributed by atoms with Gasteiger partial charge in [0.25, 0.3) is 0 Å². The maximum absolute atomic E-state index is 13.6. The predicted octanol–water partition coefficient (Wildman–Crippen LogP) is 3.06. The van der Waals surface area contributed by atoms with E-state index in [0.29, 0.717) is 12.0 Å². The van der Waals surface area contributed by atoms with E-state index in [2.05, 4.69) is 25.2 Å². The molecule has 2 heteroatoms. The van der Waals surface area contributed by atoms with Crippen molar-refractivity contribution in [1.82, 2.24) is 5.32 Å². The van der Waals surface area contributed by atoms with E-state index in [1.807, 2.05) is 6.07 Å². The summed E-state index contributed by atoms with van der Waals surface area (Å²) in [5.41, 5.74) is 2.08. The van der Waals surface area contributed by atoms with Gasteiger partial charge < -0.3 is 5.32 Å². The van der Waals surface area contributed by atoms with Crippen molar-refractivity contribution < 1.29 is 4.39 Å². The van der Waals surface area contributed by atoms with E-state index in [-0.39, 0.29) is 5.82 Å². The molecule has 1 aliphatic carbocycles. The monoisotopic (exact) mass is 207 g/mol. The van der Waals surface area contributed by atoms with Crippen molar-refractivity contribution in [2.75, 3.05) is 6.54 Å². The van der Waals surface area contributed by atoms with Crippen molar-refractivity contribution in [2.45, 2.75) is 32.7 Å². The first kappa shape index (κ1) is 10.6. The molecule has 0 saturated carbocycles. The van der Waals surface area contributed by atoms with Crippen LogP contribution in [0.15, 0.2) is 18.2 Å². The van der Waals surface area contributed by atoms with Gasteiger partial charge in [-0.2, -0.15) is 0 Å². The fourth-order valence-corrected chi connectivity index (χ4v) is 2.51. The lowest BCUT2D eigenvalue weighted by atomic mass is 9.80. The number of fused-ring (bicyclic) bond motifs is 1. The highest BCUT2D eigenvalue weighted by atomic mass is 19.1. The number of nitrogens with one attached hydrogen (secondary N) is 1. The second-order valence-electron chi connectivity index (χ2n) is 4.36. The standard InChI is InChI=1S/C13H18FN/c1-3-15-13-9(2)7-8-10-11(13)5-4-6-12(10)14/h4-6,9,13,15H,3,7-8H2,1-2H3. The summed E-state index contributed by atoms with van der Waals surface area (Å²) in [4.78, 5) is 0. The average molecular weight is 207 g/mol. The van der Waals surface area contributed by atoms with Crippen LogP contribution in [0.1, 0.15) is 37.4 Å². The second kappa shape index (κ2) is 4.31. The maximum Gasteiger partial charge on any atom is 0.126 e. The third-order valence-corrected chi connectivity index (χ3v) is 3.33. The third kappa shape index (κ3) is 1.91. The van der Waals surface area contributed by atoms with Crippen LogP contribution in [0.25, 0.3) is 0 Å². The Morgan fingerprint density at radius 1 is 1.47 bits per heavy atom. The van der Waals surface area contributed by atoms with E-state index in [1.54, 1.807) is 6.07 Å². The summed E-state index contributed by atoms with van der Waals surface area (Å²) in [6, 6.07) is 5.77. The predicted molar refractivity (Wildman–Crippen MR) is 60.3 cm³/mol. The molecule has 15 heavy (non-hydrogen) atoms. The van der Waals surface area contributed by atoms with Gasteiger partial charge in [-0.05, 0) is 42.5 Å². The molecule has 0 heterocycles. The molecule has 1 aromatic carbocycles. The van der Waals surface area contributed by atoms with Crippen molar-refractivity contribution >= 4 is 0 Å². The van der Waals surface area contributed by atoms with Crippen molar-refractivity contribution in [1.29, 1.82) is 0 Å². The summed E-state index contributed by atoms with van der Waals surface area (Å²) in [5, 5.41) is 3.45. The van der Waals surface area contributed by atoms with Gasteiger partial charge in [0.15, 0.2) is 0 Å². The highest BCUT2D eigenvalue weighted by Gasteiger charge is 2.27. The van der Waals surface area contributed by atoms with Crippen molar-refractivity contribution in [3.8, 4) is 0 Å². The molecule has 0 amide bonds. The van der Waals surface area contributed by atoms with Gasteiger partial charge in [-0.15, -0.1) is 0 Å². The zero-order chi connectivity index (χ0) is 10.8. The summed E-state index contributed by atoms with van der Waals surface area (Å²) >= 11 is 0. The number of rotatable bonds is 2. The van der Waals surface area contributed by atoms with Crippen LogP contribution in [0, 0.1) is 11.7 Å². The molecule has 1 aromatic rings. The van der Waals surface area contributed by atoms with Gasteiger partial charge in [0.1, 0.15) is 5.82 Å². The molecular weight excluding hydrogens is 189 g/mol. The van der Waals surface area contributed by atoms with Gasteiger partial charge in [-0.25, -0.2) is 4.39 Å². The molecule has 2 unspecified atom stereocenters. The van der Waals surface area contributed by atoms with Crippen molar-refractivity contribution in [2.24, 2.45) is 5.92 Å². The molecule has 0 saturated heterocycles. The Kier molecular flexibility index (Phi) is 3.06. The van der Waals surface area contributed by atoms with E-state index < -0.39 is 0 Å². The van der Waals surface area contributed by atoms with Crippen LogP contribution < -0.4 is 5.32 Å². The molecule has 82 valence electrons. The first-order valence-electron chi connectivity index (χ1n) is 5.74. The third-order valence-electron chi connectivity index (χ3n) is 3.33. The fourth-order valence-electron chi connectivity index (χ4n) is 2.51. The molecule has 2 atom stereocenters. The molecular formula is C13H18FN. The zero-order valence-electron chi connectivity index (χ0n) is 9.39. The molecule has 0 fully saturated rings. The smallest absolute Gasteiger partial charge is 0.126 e. The van der Waals surface area contributed by atoms with Crippen LogP contribution in [0.2, 0.25) is 0 Å². The highest BCUT2D eigenvalue weighted by Crippen LogP contribution is 2.35. The second-order valence-corrected chi connectivity index (χ2v) is 4.36. The number of hydrogen-bond donors (Lipinski definition) is 1. The van der Waals surface area contributed by atoms with Crippen LogP contribution in [0.3, 0.4) is 0 Å². The molecule has 0 spiro atoms. The Labute approximate surface area is 90.7 Å². The van der Waals surface area contributed by atoms with Crippen LogP contribution >= 0.6 is 0 Å². The van der Waals surface area contributed by atoms with Gasteiger partial charge in [0.2, 0.25) is 0 Å². The Morgan fingerprint density at radius 2 is 2.27 bits per heavy atom. The van der Waals surface area contributed by atoms with Gasteiger partial charge in [-0.1, -0.05) is 26.0 Å². The number of benzene rings is 1. The van der Waals surface area contributed by atoms with Crippen LogP contribution in [0.4, 0.5) is 4.39 Å².